The van der Waals surface area contributed by atoms with Crippen LogP contribution in [0.3, 0.4) is 0 Å². The van der Waals surface area contributed by atoms with E-state index in [1.165, 1.54) is 11.3 Å². The van der Waals surface area contributed by atoms with Crippen molar-refractivity contribution >= 4 is 17.4 Å². The first-order chi connectivity index (χ1) is 10.1. The quantitative estimate of drug-likeness (QED) is 0.788. The van der Waals surface area contributed by atoms with Gasteiger partial charge in [0.25, 0.3) is 0 Å². The molecule has 0 unspecified atom stereocenters. The maximum atomic E-state index is 4.70. The molecule has 0 aliphatic carbocycles. The molecular weight excluding hydrogens is 280 g/mol. The first-order valence-electron chi connectivity index (χ1n) is 7.31. The smallest absolute Gasteiger partial charge is 0.151 e. The highest BCUT2D eigenvalue weighted by atomic mass is 32.2. The average molecular weight is 304 g/mol. The molecule has 1 aromatic carbocycles. The fraction of sp³-hybridized carbons (Fsp3) is 0.500. The molecule has 0 amide bonds. The molecule has 1 heterocycles. The van der Waals surface area contributed by atoms with E-state index in [-0.39, 0.29) is 0 Å². The van der Waals surface area contributed by atoms with E-state index in [2.05, 4.69) is 61.5 Å². The monoisotopic (exact) mass is 304 g/mol. The summed E-state index contributed by atoms with van der Waals surface area (Å²) >= 11 is 1.83. The van der Waals surface area contributed by atoms with E-state index >= 15 is 0 Å². The molecule has 5 heteroatoms. The van der Waals surface area contributed by atoms with Crippen molar-refractivity contribution in [1.82, 2.24) is 14.8 Å². The summed E-state index contributed by atoms with van der Waals surface area (Å²) in [6.45, 7) is 2.99. The average Bonchev–Trinajstić information content (AvgIpc) is 2.87. The Morgan fingerprint density at radius 3 is 2.48 bits per heavy atom. The van der Waals surface area contributed by atoms with Crippen molar-refractivity contribution < 1.29 is 0 Å². The van der Waals surface area contributed by atoms with Gasteiger partial charge in [-0.1, -0.05) is 12.1 Å². The fourth-order valence-corrected chi connectivity index (χ4v) is 2.59. The maximum Gasteiger partial charge on any atom is 0.151 e. The minimum absolute atomic E-state index is 0.841. The predicted molar refractivity (Wildman–Crippen MR) is 91.4 cm³/mol. The molecule has 4 nitrogen and oxygen atoms in total. The van der Waals surface area contributed by atoms with E-state index in [1.807, 2.05) is 16.4 Å². The molecule has 2 rings (SSSR count). The van der Waals surface area contributed by atoms with Gasteiger partial charge in [0.15, 0.2) is 5.82 Å². The van der Waals surface area contributed by atoms with Gasteiger partial charge in [-0.3, -0.25) is 0 Å². The molecule has 114 valence electrons. The van der Waals surface area contributed by atoms with E-state index in [4.69, 9.17) is 4.98 Å². The number of hydrogen-bond acceptors (Lipinski definition) is 4. The number of hydrogen-bond donors (Lipinski definition) is 0. The maximum absolute atomic E-state index is 4.70. The second-order valence-electron chi connectivity index (χ2n) is 5.24. The van der Waals surface area contributed by atoms with E-state index in [0.29, 0.717) is 0 Å². The van der Waals surface area contributed by atoms with Crippen LogP contribution in [0.1, 0.15) is 24.1 Å². The highest BCUT2D eigenvalue weighted by molar-refractivity contribution is 7.98. The van der Waals surface area contributed by atoms with Gasteiger partial charge in [0, 0.05) is 44.9 Å². The number of rotatable bonds is 7. The number of anilines is 1. The first-order valence-corrected chi connectivity index (χ1v) is 8.71. The summed E-state index contributed by atoms with van der Waals surface area (Å²) in [5.74, 6) is 3.10. The Kier molecular flexibility index (Phi) is 5.67. The van der Waals surface area contributed by atoms with Gasteiger partial charge in [-0.05, 0) is 30.9 Å². The largest absolute Gasteiger partial charge is 0.378 e. The third-order valence-corrected chi connectivity index (χ3v) is 4.05. The zero-order valence-electron chi connectivity index (χ0n) is 13.3. The standard InChI is InChI=1S/C16H24N4S/c1-5-20-16(17-15(18-20)10-11-21-4)12-13-6-8-14(9-7-13)19(2)3/h6-9H,5,10-12H2,1-4H3. The molecule has 0 atom stereocenters. The van der Waals surface area contributed by atoms with E-state index in [1.54, 1.807) is 0 Å². The third kappa shape index (κ3) is 4.24. The number of nitrogens with zero attached hydrogens (tertiary/aromatic N) is 4. The van der Waals surface area contributed by atoms with Crippen molar-refractivity contribution in [3.63, 3.8) is 0 Å². The highest BCUT2D eigenvalue weighted by Gasteiger charge is 2.09. The van der Waals surface area contributed by atoms with E-state index in [0.717, 1.165) is 36.8 Å². The van der Waals surface area contributed by atoms with Gasteiger partial charge < -0.3 is 4.90 Å². The van der Waals surface area contributed by atoms with Gasteiger partial charge in [-0.15, -0.1) is 0 Å². The van der Waals surface area contributed by atoms with Crippen molar-refractivity contribution in [1.29, 1.82) is 0 Å². The van der Waals surface area contributed by atoms with Crippen molar-refractivity contribution in [3.05, 3.63) is 41.5 Å². The molecule has 0 aliphatic heterocycles. The summed E-state index contributed by atoms with van der Waals surface area (Å²) in [5.41, 5.74) is 2.50. The first kappa shape index (κ1) is 15.9. The summed E-state index contributed by atoms with van der Waals surface area (Å²) in [4.78, 5) is 6.81. The van der Waals surface area contributed by atoms with Crippen LogP contribution in [0.4, 0.5) is 5.69 Å². The normalized spacial score (nSPS) is 10.9. The van der Waals surface area contributed by atoms with Crippen LogP contribution < -0.4 is 4.90 Å². The zero-order chi connectivity index (χ0) is 15.2. The SMILES string of the molecule is CCn1nc(CCSC)nc1Cc1ccc(N(C)C)cc1. The van der Waals surface area contributed by atoms with Crippen molar-refractivity contribution in [2.75, 3.05) is 31.0 Å². The number of aryl methyl sites for hydroxylation is 2. The molecule has 2 aromatic rings. The number of aromatic nitrogens is 3. The second-order valence-corrected chi connectivity index (χ2v) is 6.23. The molecule has 0 aliphatic rings. The summed E-state index contributed by atoms with van der Waals surface area (Å²) in [7, 11) is 4.11. The molecule has 21 heavy (non-hydrogen) atoms. The van der Waals surface area contributed by atoms with Crippen LogP contribution in [0.25, 0.3) is 0 Å². The molecule has 0 saturated heterocycles. The Morgan fingerprint density at radius 1 is 1.19 bits per heavy atom. The number of thioether (sulfide) groups is 1. The van der Waals surface area contributed by atoms with Crippen molar-refractivity contribution in [2.24, 2.45) is 0 Å². The molecule has 0 N–H and O–H groups in total. The van der Waals surface area contributed by atoms with Gasteiger partial charge in [0.05, 0.1) is 0 Å². The van der Waals surface area contributed by atoms with Crippen LogP contribution in [0.5, 0.6) is 0 Å². The molecule has 0 spiro atoms. The van der Waals surface area contributed by atoms with Crippen LogP contribution in [0.15, 0.2) is 24.3 Å². The van der Waals surface area contributed by atoms with Crippen LogP contribution >= 0.6 is 11.8 Å². The van der Waals surface area contributed by atoms with Crippen LogP contribution in [-0.2, 0) is 19.4 Å². The fourth-order valence-electron chi connectivity index (χ4n) is 2.20. The lowest BCUT2D eigenvalue weighted by molar-refractivity contribution is 0.619. The Bertz CT molecular complexity index is 560. The Balaban J connectivity index is 2.12. The molecule has 1 aromatic heterocycles. The van der Waals surface area contributed by atoms with Gasteiger partial charge in [0.1, 0.15) is 5.82 Å². The predicted octanol–water partition coefficient (Wildman–Crippen LogP) is 2.86. The minimum Gasteiger partial charge on any atom is -0.378 e. The van der Waals surface area contributed by atoms with Gasteiger partial charge in [0.2, 0.25) is 0 Å². The third-order valence-electron chi connectivity index (χ3n) is 3.44. The van der Waals surface area contributed by atoms with E-state index in [9.17, 15) is 0 Å². The lowest BCUT2D eigenvalue weighted by atomic mass is 10.1. The topological polar surface area (TPSA) is 34.0 Å². The van der Waals surface area contributed by atoms with Gasteiger partial charge in [-0.25, -0.2) is 9.67 Å². The van der Waals surface area contributed by atoms with Crippen molar-refractivity contribution in [2.45, 2.75) is 26.3 Å². The summed E-state index contributed by atoms with van der Waals surface area (Å²) in [5, 5.41) is 4.59. The van der Waals surface area contributed by atoms with Crippen molar-refractivity contribution in [3.8, 4) is 0 Å². The lowest BCUT2D eigenvalue weighted by Gasteiger charge is -2.12. The summed E-state index contributed by atoms with van der Waals surface area (Å²) in [6, 6.07) is 8.64. The second kappa shape index (κ2) is 7.50. The summed E-state index contributed by atoms with van der Waals surface area (Å²) in [6.07, 6.45) is 3.90. The van der Waals surface area contributed by atoms with Gasteiger partial charge in [-0.2, -0.15) is 16.9 Å². The zero-order valence-corrected chi connectivity index (χ0v) is 14.2. The molecule has 0 fully saturated rings. The van der Waals surface area contributed by atoms with Crippen LogP contribution in [0.2, 0.25) is 0 Å². The molecule has 0 saturated carbocycles. The Morgan fingerprint density at radius 2 is 1.90 bits per heavy atom. The molecule has 0 radical (unpaired) electrons. The van der Waals surface area contributed by atoms with Crippen LogP contribution in [-0.4, -0.2) is 40.9 Å². The Hall–Kier alpha value is -1.49. The molecular formula is C16H24N4S. The molecule has 0 bridgehead atoms. The lowest BCUT2D eigenvalue weighted by Crippen LogP contribution is -2.08. The minimum atomic E-state index is 0.841. The van der Waals surface area contributed by atoms with Crippen LogP contribution in [0, 0.1) is 0 Å². The number of benzene rings is 1. The van der Waals surface area contributed by atoms with E-state index < -0.39 is 0 Å². The summed E-state index contributed by atoms with van der Waals surface area (Å²) < 4.78 is 2.02. The highest BCUT2D eigenvalue weighted by Crippen LogP contribution is 2.15. The Labute approximate surface area is 131 Å². The van der Waals surface area contributed by atoms with Gasteiger partial charge >= 0.3 is 0 Å².